The van der Waals surface area contributed by atoms with E-state index in [2.05, 4.69) is 26.0 Å². The van der Waals surface area contributed by atoms with E-state index in [9.17, 15) is 4.79 Å². The average Bonchev–Trinajstić information content (AvgIpc) is 2.56. The standard InChI is InChI=1S/C17H19NO3/c1-17(2)8-4-3-5-12(10-17)11-21-13-6-7-14(16(19)20)15(18)9-13/h3-10H,11,18H2,1-2H3,(H,19,20). The van der Waals surface area contributed by atoms with Crippen molar-refractivity contribution in [1.82, 2.24) is 0 Å². The van der Waals surface area contributed by atoms with Crippen LogP contribution in [0.2, 0.25) is 0 Å². The number of aromatic carboxylic acids is 1. The summed E-state index contributed by atoms with van der Waals surface area (Å²) in [5.74, 6) is -0.483. The summed E-state index contributed by atoms with van der Waals surface area (Å²) in [6.45, 7) is 4.65. The second-order valence-electron chi connectivity index (χ2n) is 5.60. The zero-order chi connectivity index (χ0) is 15.5. The Bertz CT molecular complexity index is 639. The zero-order valence-electron chi connectivity index (χ0n) is 12.2. The molecule has 0 heterocycles. The van der Waals surface area contributed by atoms with Crippen molar-refractivity contribution in [2.45, 2.75) is 13.8 Å². The molecule has 0 radical (unpaired) electrons. The SMILES string of the molecule is CC1(C)C=CC=CC(COc2ccc(C(=O)O)c(N)c2)=C1. The van der Waals surface area contributed by atoms with Crippen LogP contribution in [0, 0.1) is 5.41 Å². The quantitative estimate of drug-likeness (QED) is 0.831. The largest absolute Gasteiger partial charge is 0.489 e. The van der Waals surface area contributed by atoms with Crippen LogP contribution in [0.1, 0.15) is 24.2 Å². The Morgan fingerprint density at radius 3 is 2.76 bits per heavy atom. The third-order valence-electron chi connectivity index (χ3n) is 3.16. The molecule has 21 heavy (non-hydrogen) atoms. The van der Waals surface area contributed by atoms with Gasteiger partial charge in [-0.05, 0) is 17.7 Å². The molecular weight excluding hydrogens is 266 g/mol. The van der Waals surface area contributed by atoms with Crippen molar-refractivity contribution >= 4 is 11.7 Å². The van der Waals surface area contributed by atoms with Crippen LogP contribution in [0.5, 0.6) is 5.75 Å². The molecule has 0 amide bonds. The highest BCUT2D eigenvalue weighted by Gasteiger charge is 2.13. The van der Waals surface area contributed by atoms with E-state index < -0.39 is 5.97 Å². The van der Waals surface area contributed by atoms with E-state index in [0.717, 1.165) is 5.57 Å². The average molecular weight is 285 g/mol. The second kappa shape index (κ2) is 5.87. The van der Waals surface area contributed by atoms with Crippen LogP contribution in [-0.2, 0) is 0 Å². The molecule has 1 aliphatic carbocycles. The molecule has 4 heteroatoms. The van der Waals surface area contributed by atoms with Gasteiger partial charge in [0.25, 0.3) is 0 Å². The number of carboxylic acid groups (broad SMARTS) is 1. The first-order valence-electron chi connectivity index (χ1n) is 6.71. The van der Waals surface area contributed by atoms with Gasteiger partial charge in [-0.1, -0.05) is 44.2 Å². The van der Waals surface area contributed by atoms with Crippen LogP contribution in [0.25, 0.3) is 0 Å². The highest BCUT2D eigenvalue weighted by atomic mass is 16.5. The Labute approximate surface area is 124 Å². The molecule has 0 fully saturated rings. The van der Waals surface area contributed by atoms with E-state index in [4.69, 9.17) is 15.6 Å². The molecule has 1 aliphatic rings. The van der Waals surface area contributed by atoms with Gasteiger partial charge in [0.1, 0.15) is 12.4 Å². The van der Waals surface area contributed by atoms with Crippen molar-refractivity contribution in [3.8, 4) is 5.75 Å². The lowest BCUT2D eigenvalue weighted by atomic mass is 9.91. The summed E-state index contributed by atoms with van der Waals surface area (Å²) in [7, 11) is 0. The van der Waals surface area contributed by atoms with Crippen molar-refractivity contribution in [2.24, 2.45) is 5.41 Å². The minimum Gasteiger partial charge on any atom is -0.489 e. The Hall–Kier alpha value is -2.49. The second-order valence-corrected chi connectivity index (χ2v) is 5.60. The number of ether oxygens (including phenoxy) is 1. The molecule has 110 valence electrons. The molecule has 0 saturated heterocycles. The summed E-state index contributed by atoms with van der Waals surface area (Å²) in [6, 6.07) is 4.60. The van der Waals surface area contributed by atoms with Crippen molar-refractivity contribution in [2.75, 3.05) is 12.3 Å². The maximum Gasteiger partial charge on any atom is 0.337 e. The molecule has 1 aromatic carbocycles. The Morgan fingerprint density at radius 1 is 1.33 bits per heavy atom. The molecule has 2 rings (SSSR count). The molecule has 3 N–H and O–H groups in total. The third-order valence-corrected chi connectivity index (χ3v) is 3.16. The van der Waals surface area contributed by atoms with Crippen molar-refractivity contribution in [1.29, 1.82) is 0 Å². The van der Waals surface area contributed by atoms with Crippen molar-refractivity contribution < 1.29 is 14.6 Å². The first-order chi connectivity index (χ1) is 9.87. The van der Waals surface area contributed by atoms with Crippen LogP contribution in [-0.4, -0.2) is 17.7 Å². The Balaban J connectivity index is 2.08. The van der Waals surface area contributed by atoms with Crippen LogP contribution in [0.4, 0.5) is 5.69 Å². The van der Waals surface area contributed by atoms with Gasteiger partial charge in [0, 0.05) is 17.2 Å². The number of rotatable bonds is 4. The van der Waals surface area contributed by atoms with E-state index >= 15 is 0 Å². The summed E-state index contributed by atoms with van der Waals surface area (Å²) in [6.07, 6.45) is 10.3. The minimum atomic E-state index is -1.04. The molecule has 0 bridgehead atoms. The first kappa shape index (κ1) is 14.9. The molecule has 0 saturated carbocycles. The lowest BCUT2D eigenvalue weighted by Crippen LogP contribution is -2.07. The van der Waals surface area contributed by atoms with E-state index in [-0.39, 0.29) is 16.7 Å². The topological polar surface area (TPSA) is 72.5 Å². The van der Waals surface area contributed by atoms with Crippen LogP contribution in [0.15, 0.2) is 54.2 Å². The zero-order valence-corrected chi connectivity index (χ0v) is 12.2. The molecular formula is C17H19NO3. The van der Waals surface area contributed by atoms with Crippen molar-refractivity contribution in [3.05, 3.63) is 59.7 Å². The maximum atomic E-state index is 10.9. The number of allylic oxidation sites excluding steroid dienone is 4. The molecule has 0 spiro atoms. The Kier molecular flexibility index (Phi) is 4.17. The number of hydrogen-bond acceptors (Lipinski definition) is 3. The number of nitrogen functional groups attached to an aromatic ring is 1. The monoisotopic (exact) mass is 285 g/mol. The summed E-state index contributed by atoms with van der Waals surface area (Å²) in [5.41, 5.74) is 7.03. The predicted molar refractivity (Wildman–Crippen MR) is 83.5 cm³/mol. The van der Waals surface area contributed by atoms with Gasteiger partial charge < -0.3 is 15.6 Å². The van der Waals surface area contributed by atoms with E-state index in [1.807, 2.05) is 18.2 Å². The number of carboxylic acids is 1. The number of nitrogens with two attached hydrogens (primary N) is 1. The number of carbonyl (C=O) groups is 1. The van der Waals surface area contributed by atoms with Gasteiger partial charge in [-0.3, -0.25) is 0 Å². The first-order valence-corrected chi connectivity index (χ1v) is 6.71. The van der Waals surface area contributed by atoms with Crippen LogP contribution >= 0.6 is 0 Å². The molecule has 0 unspecified atom stereocenters. The number of hydrogen-bond donors (Lipinski definition) is 2. The smallest absolute Gasteiger partial charge is 0.337 e. The third kappa shape index (κ3) is 3.99. The van der Waals surface area contributed by atoms with Gasteiger partial charge in [-0.2, -0.15) is 0 Å². The van der Waals surface area contributed by atoms with Crippen LogP contribution in [0.3, 0.4) is 0 Å². The predicted octanol–water partition coefficient (Wildman–Crippen LogP) is 3.42. The normalized spacial score (nSPS) is 16.2. The lowest BCUT2D eigenvalue weighted by Gasteiger charge is -2.16. The van der Waals surface area contributed by atoms with Crippen LogP contribution < -0.4 is 10.5 Å². The fourth-order valence-corrected chi connectivity index (χ4v) is 2.14. The van der Waals surface area contributed by atoms with Crippen molar-refractivity contribution in [3.63, 3.8) is 0 Å². The molecule has 0 atom stereocenters. The summed E-state index contributed by atoms with van der Waals surface area (Å²) >= 11 is 0. The highest BCUT2D eigenvalue weighted by Crippen LogP contribution is 2.25. The number of anilines is 1. The van der Waals surface area contributed by atoms with Gasteiger partial charge in [0.2, 0.25) is 0 Å². The number of benzene rings is 1. The van der Waals surface area contributed by atoms with E-state index in [1.165, 1.54) is 12.1 Å². The fraction of sp³-hybridized carbons (Fsp3) is 0.235. The van der Waals surface area contributed by atoms with Gasteiger partial charge in [-0.15, -0.1) is 0 Å². The highest BCUT2D eigenvalue weighted by molar-refractivity contribution is 5.93. The summed E-state index contributed by atoms with van der Waals surface area (Å²) in [4.78, 5) is 10.9. The summed E-state index contributed by atoms with van der Waals surface area (Å²) < 4.78 is 5.69. The molecule has 0 aromatic heterocycles. The molecule has 1 aromatic rings. The van der Waals surface area contributed by atoms with Gasteiger partial charge in [0.15, 0.2) is 0 Å². The lowest BCUT2D eigenvalue weighted by molar-refractivity contribution is 0.0698. The molecule has 4 nitrogen and oxygen atoms in total. The Morgan fingerprint density at radius 2 is 2.10 bits per heavy atom. The van der Waals surface area contributed by atoms with E-state index in [1.54, 1.807) is 6.07 Å². The minimum absolute atomic E-state index is 0.0195. The molecule has 0 aliphatic heterocycles. The van der Waals surface area contributed by atoms with Gasteiger partial charge in [0.05, 0.1) is 5.56 Å². The van der Waals surface area contributed by atoms with Gasteiger partial charge in [-0.25, -0.2) is 4.79 Å². The maximum absolute atomic E-state index is 10.9. The summed E-state index contributed by atoms with van der Waals surface area (Å²) in [5, 5.41) is 8.93. The fourth-order valence-electron chi connectivity index (χ4n) is 2.14. The van der Waals surface area contributed by atoms with Gasteiger partial charge >= 0.3 is 5.97 Å². The van der Waals surface area contributed by atoms with E-state index in [0.29, 0.717) is 12.4 Å².